The molecule has 2 saturated heterocycles. The smallest absolute Gasteiger partial charge is 0.181 e. The average molecular weight is 451 g/mol. The molecule has 0 N–H and O–H groups in total. The van der Waals surface area contributed by atoms with Gasteiger partial charge in [0.1, 0.15) is 5.71 Å². The lowest BCUT2D eigenvalue weighted by atomic mass is 10.0. The normalized spacial score (nSPS) is 21.8. The third kappa shape index (κ3) is 5.22. The Hall–Kier alpha value is -2.63. The van der Waals surface area contributed by atoms with E-state index in [-0.39, 0.29) is 0 Å². The number of rotatable bonds is 7. The predicted molar refractivity (Wildman–Crippen MR) is 130 cm³/mol. The maximum atomic E-state index is 9.21. The molecule has 0 saturated carbocycles. The Morgan fingerprint density at radius 2 is 2.19 bits per heavy atom. The Morgan fingerprint density at radius 3 is 2.97 bits per heavy atom. The summed E-state index contributed by atoms with van der Waals surface area (Å²) in [5.74, 6) is 2.46. The first-order valence-electron chi connectivity index (χ1n) is 11.2. The second-order valence-corrected chi connectivity index (χ2v) is 9.79. The van der Waals surface area contributed by atoms with Crippen LogP contribution in [0.25, 0.3) is 0 Å². The van der Waals surface area contributed by atoms with Gasteiger partial charge in [-0.15, -0.1) is 16.9 Å². The van der Waals surface area contributed by atoms with Crippen molar-refractivity contribution in [2.24, 2.45) is 16.1 Å². The fourth-order valence-electron chi connectivity index (χ4n) is 4.68. The van der Waals surface area contributed by atoms with Crippen LogP contribution >= 0.6 is 11.8 Å². The summed E-state index contributed by atoms with van der Waals surface area (Å²) in [7, 11) is 0. The summed E-state index contributed by atoms with van der Waals surface area (Å²) < 4.78 is 5.35. The first-order chi connectivity index (χ1) is 15.5. The van der Waals surface area contributed by atoms with Gasteiger partial charge in [0.25, 0.3) is 0 Å². The molecule has 2 aliphatic rings. The summed E-state index contributed by atoms with van der Waals surface area (Å²) >= 11 is 1.76. The molecule has 2 atom stereocenters. The number of fused-ring (bicyclic) bond motifs is 1. The average Bonchev–Trinajstić information content (AvgIpc) is 3.50. The van der Waals surface area contributed by atoms with E-state index >= 15 is 0 Å². The van der Waals surface area contributed by atoms with Crippen molar-refractivity contribution >= 4 is 28.2 Å². The number of likely N-dealkylation sites (tertiary alicyclic amines) is 1. The number of anilines is 1. The standard InChI is InChI=1S/C24H30N6OS/c1-17-24(31-16-26-17)18(2)27-28-19(3)32-11-5-9-29-14-21-8-10-30(23(21)15-29)22-7-4-6-20(12-22)13-25/h4,6-7,12,16,21,23H,5,8-11,14-15H2,1-3H3/b27-18+,28-19+/t21-,23+/m0/s1. The first-order valence-corrected chi connectivity index (χ1v) is 12.1. The minimum absolute atomic E-state index is 0.566. The lowest BCUT2D eigenvalue weighted by Crippen LogP contribution is -2.35. The number of thioether (sulfide) groups is 1. The summed E-state index contributed by atoms with van der Waals surface area (Å²) in [6.45, 7) is 10.3. The van der Waals surface area contributed by atoms with Crippen LogP contribution in [0, 0.1) is 24.2 Å². The van der Waals surface area contributed by atoms with Crippen molar-refractivity contribution in [1.82, 2.24) is 9.88 Å². The SMILES string of the molecule is C/C(=N\N=C(/C)c1ocnc1C)SCCCN1C[C@@H]2CCN(c3cccc(C#N)c3)[C@@H]2C1. The van der Waals surface area contributed by atoms with Crippen LogP contribution in [0.1, 0.15) is 43.7 Å². The number of hydrogen-bond acceptors (Lipinski definition) is 8. The summed E-state index contributed by atoms with van der Waals surface area (Å²) in [6, 6.07) is 10.9. The second-order valence-electron chi connectivity index (χ2n) is 8.50. The molecule has 7 nitrogen and oxygen atoms in total. The summed E-state index contributed by atoms with van der Waals surface area (Å²) in [5, 5.41) is 18.8. The van der Waals surface area contributed by atoms with Crippen LogP contribution in [-0.2, 0) is 0 Å². The summed E-state index contributed by atoms with van der Waals surface area (Å²) in [5.41, 5.74) is 3.51. The highest BCUT2D eigenvalue weighted by Crippen LogP contribution is 2.35. The number of benzene rings is 1. The van der Waals surface area contributed by atoms with Crippen molar-refractivity contribution in [3.63, 3.8) is 0 Å². The van der Waals surface area contributed by atoms with Crippen molar-refractivity contribution < 1.29 is 4.42 Å². The summed E-state index contributed by atoms with van der Waals surface area (Å²) in [6.07, 6.45) is 3.80. The van der Waals surface area contributed by atoms with Crippen LogP contribution in [0.2, 0.25) is 0 Å². The molecule has 4 rings (SSSR count). The highest BCUT2D eigenvalue weighted by atomic mass is 32.2. The van der Waals surface area contributed by atoms with Gasteiger partial charge in [-0.2, -0.15) is 10.4 Å². The Kier molecular flexibility index (Phi) is 7.28. The van der Waals surface area contributed by atoms with Gasteiger partial charge in [0, 0.05) is 37.1 Å². The van der Waals surface area contributed by atoms with Crippen LogP contribution in [0.4, 0.5) is 5.69 Å². The zero-order chi connectivity index (χ0) is 22.5. The van der Waals surface area contributed by atoms with Gasteiger partial charge in [-0.3, -0.25) is 0 Å². The molecule has 3 heterocycles. The number of aryl methyl sites for hydroxylation is 1. The molecule has 2 fully saturated rings. The first kappa shape index (κ1) is 22.6. The van der Waals surface area contributed by atoms with Gasteiger partial charge < -0.3 is 14.2 Å². The van der Waals surface area contributed by atoms with E-state index in [4.69, 9.17) is 4.42 Å². The fourth-order valence-corrected chi connectivity index (χ4v) is 5.35. The maximum Gasteiger partial charge on any atom is 0.181 e. The molecule has 0 radical (unpaired) electrons. The molecule has 168 valence electrons. The van der Waals surface area contributed by atoms with Crippen LogP contribution in [-0.4, -0.2) is 58.6 Å². The number of nitrogens with zero attached hydrogens (tertiary/aromatic N) is 6. The van der Waals surface area contributed by atoms with Gasteiger partial charge in [-0.25, -0.2) is 4.98 Å². The van der Waals surface area contributed by atoms with Crippen molar-refractivity contribution in [1.29, 1.82) is 5.26 Å². The molecule has 0 unspecified atom stereocenters. The minimum atomic E-state index is 0.566. The Morgan fingerprint density at radius 1 is 1.31 bits per heavy atom. The van der Waals surface area contributed by atoms with Gasteiger partial charge in [0.05, 0.1) is 22.4 Å². The Bertz CT molecular complexity index is 1040. The van der Waals surface area contributed by atoms with E-state index in [2.05, 4.69) is 37.1 Å². The lowest BCUT2D eigenvalue weighted by Gasteiger charge is -2.27. The Balaban J connectivity index is 1.22. The molecule has 1 aromatic heterocycles. The zero-order valence-corrected chi connectivity index (χ0v) is 19.8. The molecule has 2 aliphatic heterocycles. The van der Waals surface area contributed by atoms with Crippen molar-refractivity contribution in [2.45, 2.75) is 39.7 Å². The molecule has 0 bridgehead atoms. The van der Waals surface area contributed by atoms with Gasteiger partial charge in [-0.05, 0) is 64.3 Å². The largest absolute Gasteiger partial charge is 0.442 e. The lowest BCUT2D eigenvalue weighted by molar-refractivity contribution is 0.319. The molecule has 8 heteroatoms. The third-order valence-corrected chi connectivity index (χ3v) is 7.27. The van der Waals surface area contributed by atoms with E-state index in [0.717, 1.165) is 59.7 Å². The molecule has 1 aromatic carbocycles. The van der Waals surface area contributed by atoms with E-state index in [1.54, 1.807) is 11.8 Å². The number of hydrogen-bond donors (Lipinski definition) is 0. The maximum absolute atomic E-state index is 9.21. The number of oxazole rings is 1. The topological polar surface area (TPSA) is 81.0 Å². The van der Waals surface area contributed by atoms with E-state index in [0.29, 0.717) is 11.8 Å². The van der Waals surface area contributed by atoms with E-state index in [1.165, 1.54) is 25.0 Å². The molecular formula is C24H30N6OS. The summed E-state index contributed by atoms with van der Waals surface area (Å²) in [4.78, 5) is 9.19. The van der Waals surface area contributed by atoms with Gasteiger partial charge in [0.15, 0.2) is 12.2 Å². The predicted octanol–water partition coefficient (Wildman–Crippen LogP) is 4.33. The number of aromatic nitrogens is 1. The molecule has 32 heavy (non-hydrogen) atoms. The monoisotopic (exact) mass is 450 g/mol. The molecule has 0 aliphatic carbocycles. The van der Waals surface area contributed by atoms with E-state index in [1.807, 2.05) is 39.0 Å². The van der Waals surface area contributed by atoms with E-state index < -0.39 is 0 Å². The van der Waals surface area contributed by atoms with Gasteiger partial charge in [-0.1, -0.05) is 6.07 Å². The third-order valence-electron chi connectivity index (χ3n) is 6.27. The molecule has 0 amide bonds. The minimum Gasteiger partial charge on any atom is -0.442 e. The van der Waals surface area contributed by atoms with Crippen molar-refractivity contribution in [3.8, 4) is 6.07 Å². The molecule has 0 spiro atoms. The van der Waals surface area contributed by atoms with Crippen LogP contribution in [0.15, 0.2) is 45.3 Å². The molecular weight excluding hydrogens is 420 g/mol. The van der Waals surface area contributed by atoms with Crippen molar-refractivity contribution in [3.05, 3.63) is 47.7 Å². The van der Waals surface area contributed by atoms with Crippen LogP contribution in [0.5, 0.6) is 0 Å². The molecule has 2 aromatic rings. The van der Waals surface area contributed by atoms with Crippen molar-refractivity contribution in [2.75, 3.05) is 36.8 Å². The van der Waals surface area contributed by atoms with Crippen LogP contribution in [0.3, 0.4) is 0 Å². The van der Waals surface area contributed by atoms with E-state index in [9.17, 15) is 5.26 Å². The highest BCUT2D eigenvalue weighted by Gasteiger charge is 2.41. The quantitative estimate of drug-likeness (QED) is 0.270. The fraction of sp³-hybridized carbons (Fsp3) is 0.500. The highest BCUT2D eigenvalue weighted by molar-refractivity contribution is 8.13. The van der Waals surface area contributed by atoms with Crippen LogP contribution < -0.4 is 4.90 Å². The Labute approximate surface area is 194 Å². The zero-order valence-electron chi connectivity index (χ0n) is 19.0. The second kappa shape index (κ2) is 10.3. The number of nitriles is 1. The van der Waals surface area contributed by atoms with Gasteiger partial charge in [0.2, 0.25) is 0 Å². The van der Waals surface area contributed by atoms with Gasteiger partial charge >= 0.3 is 0 Å².